The lowest BCUT2D eigenvalue weighted by molar-refractivity contribution is 0.0950. The van der Waals surface area contributed by atoms with Crippen molar-refractivity contribution in [2.24, 2.45) is 0 Å². The van der Waals surface area contributed by atoms with Gasteiger partial charge in [0.25, 0.3) is 0 Å². The topological polar surface area (TPSA) is 22.0 Å². The van der Waals surface area contributed by atoms with E-state index < -0.39 is 0 Å². The average Bonchev–Trinajstić information content (AvgIpc) is 3.23. The van der Waals surface area contributed by atoms with Gasteiger partial charge in [-0.1, -0.05) is 66.7 Å². The van der Waals surface area contributed by atoms with Crippen LogP contribution < -0.4 is 0 Å². The number of Topliss-reactive ketones (excluding diaryl/α,β-unsaturated/α-hetero) is 1. The summed E-state index contributed by atoms with van der Waals surface area (Å²) in [7, 11) is 0. The molecule has 0 saturated heterocycles. The number of aromatic nitrogens is 1. The molecule has 30 heavy (non-hydrogen) atoms. The largest absolute Gasteiger partial charge is 0.333 e. The highest BCUT2D eigenvalue weighted by Crippen LogP contribution is 2.62. The molecule has 4 aromatic rings. The van der Waals surface area contributed by atoms with Crippen molar-refractivity contribution >= 4 is 28.4 Å². The summed E-state index contributed by atoms with van der Waals surface area (Å²) in [4.78, 5) is 15.3. The third kappa shape index (κ3) is 2.42. The Hall–Kier alpha value is -2.78. The highest BCUT2D eigenvalue weighted by molar-refractivity contribution is 8.00. The molecule has 1 aliphatic carbocycles. The van der Waals surface area contributed by atoms with Crippen molar-refractivity contribution in [3.8, 4) is 0 Å². The summed E-state index contributed by atoms with van der Waals surface area (Å²) in [6, 6.07) is 27.5. The second-order valence-electron chi connectivity index (χ2n) is 8.91. The summed E-state index contributed by atoms with van der Waals surface area (Å²) in [5.41, 5.74) is 5.75. The van der Waals surface area contributed by atoms with E-state index in [1.165, 1.54) is 27.0 Å². The van der Waals surface area contributed by atoms with E-state index in [-0.39, 0.29) is 22.4 Å². The third-order valence-electron chi connectivity index (χ3n) is 6.73. The summed E-state index contributed by atoms with van der Waals surface area (Å²) >= 11 is 1.92. The van der Waals surface area contributed by atoms with Crippen LogP contribution in [0.4, 0.5) is 0 Å². The molecule has 0 amide bonds. The van der Waals surface area contributed by atoms with E-state index in [4.69, 9.17) is 0 Å². The molecule has 1 aromatic heterocycles. The minimum atomic E-state index is -0.0888. The molecule has 6 rings (SSSR count). The molecule has 2 heterocycles. The second kappa shape index (κ2) is 6.36. The summed E-state index contributed by atoms with van der Waals surface area (Å²) in [6.07, 6.45) is 0. The van der Waals surface area contributed by atoms with Gasteiger partial charge in [-0.2, -0.15) is 0 Å². The van der Waals surface area contributed by atoms with Crippen LogP contribution >= 0.6 is 11.8 Å². The molecule has 0 bridgehead atoms. The second-order valence-corrected chi connectivity index (χ2v) is 10.6. The Morgan fingerprint density at radius 1 is 0.900 bits per heavy atom. The fourth-order valence-corrected chi connectivity index (χ4v) is 6.96. The van der Waals surface area contributed by atoms with E-state index in [0.29, 0.717) is 0 Å². The zero-order valence-electron chi connectivity index (χ0n) is 17.1. The highest BCUT2D eigenvalue weighted by Gasteiger charge is 2.54. The van der Waals surface area contributed by atoms with Crippen LogP contribution in [-0.4, -0.2) is 15.1 Å². The van der Waals surface area contributed by atoms with Crippen molar-refractivity contribution in [1.29, 1.82) is 0 Å². The van der Waals surface area contributed by atoms with Crippen molar-refractivity contribution in [2.45, 2.75) is 41.9 Å². The number of rotatable bonds is 2. The van der Waals surface area contributed by atoms with E-state index >= 15 is 0 Å². The molecule has 3 heteroatoms. The van der Waals surface area contributed by atoms with Gasteiger partial charge in [0, 0.05) is 33.0 Å². The fourth-order valence-electron chi connectivity index (χ4n) is 5.55. The first-order chi connectivity index (χ1) is 14.6. The minimum absolute atomic E-state index is 0.0539. The lowest BCUT2D eigenvalue weighted by Crippen LogP contribution is -2.33. The van der Waals surface area contributed by atoms with Gasteiger partial charge in [-0.05, 0) is 42.7 Å². The Bertz CT molecular complexity index is 1300. The highest BCUT2D eigenvalue weighted by atomic mass is 32.2. The average molecular weight is 410 g/mol. The minimum Gasteiger partial charge on any atom is -0.333 e. The molecule has 0 N–H and O–H groups in total. The molecule has 3 aromatic carbocycles. The normalized spacial score (nSPS) is 21.3. The molecule has 2 atom stereocenters. The van der Waals surface area contributed by atoms with Gasteiger partial charge in [0.05, 0.1) is 11.6 Å². The lowest BCUT2D eigenvalue weighted by atomic mass is 9.77. The number of benzene rings is 3. The van der Waals surface area contributed by atoms with Gasteiger partial charge in [-0.3, -0.25) is 4.79 Å². The monoisotopic (exact) mass is 409 g/mol. The Morgan fingerprint density at radius 2 is 1.60 bits per heavy atom. The number of hydrogen-bond donors (Lipinski definition) is 0. The van der Waals surface area contributed by atoms with E-state index in [2.05, 4.69) is 91.2 Å². The van der Waals surface area contributed by atoms with Gasteiger partial charge < -0.3 is 4.57 Å². The third-order valence-corrected chi connectivity index (χ3v) is 8.10. The van der Waals surface area contributed by atoms with Crippen LogP contribution in [0.2, 0.25) is 0 Å². The maximum absolute atomic E-state index is 14.0. The summed E-state index contributed by atoms with van der Waals surface area (Å²) in [6.45, 7) is 5.32. The molecular weight excluding hydrogens is 386 g/mol. The molecule has 0 unspecified atom stereocenters. The Labute approximate surface area is 180 Å². The van der Waals surface area contributed by atoms with Gasteiger partial charge >= 0.3 is 0 Å². The maximum atomic E-state index is 14.0. The smallest absolute Gasteiger partial charge is 0.187 e. The number of carbonyl (C=O) groups excluding carboxylic acids is 1. The zero-order chi connectivity index (χ0) is 20.5. The molecule has 0 fully saturated rings. The van der Waals surface area contributed by atoms with E-state index in [1.54, 1.807) is 0 Å². The predicted octanol–water partition coefficient (Wildman–Crippen LogP) is 6.64. The fraction of sp³-hybridized carbons (Fsp3) is 0.222. The van der Waals surface area contributed by atoms with Crippen molar-refractivity contribution in [3.05, 3.63) is 101 Å². The maximum Gasteiger partial charge on any atom is 0.187 e. The number of fused-ring (bicyclic) bond motifs is 7. The molecule has 0 spiro atoms. The van der Waals surface area contributed by atoms with E-state index in [0.717, 1.165) is 17.8 Å². The quantitative estimate of drug-likeness (QED) is 0.370. The van der Waals surface area contributed by atoms with E-state index in [9.17, 15) is 4.79 Å². The first kappa shape index (κ1) is 18.0. The number of hydrogen-bond acceptors (Lipinski definition) is 2. The van der Waals surface area contributed by atoms with Crippen LogP contribution in [0, 0.1) is 0 Å². The Morgan fingerprint density at radius 3 is 2.43 bits per heavy atom. The van der Waals surface area contributed by atoms with Crippen molar-refractivity contribution in [2.75, 3.05) is 0 Å². The number of carbonyl (C=O) groups is 1. The number of nitrogens with zero attached hydrogens (tertiary/aromatic N) is 1. The molecule has 0 saturated carbocycles. The van der Waals surface area contributed by atoms with Crippen molar-refractivity contribution in [3.63, 3.8) is 0 Å². The van der Waals surface area contributed by atoms with Crippen molar-refractivity contribution < 1.29 is 4.79 Å². The molecule has 148 valence electrons. The van der Waals surface area contributed by atoms with Crippen molar-refractivity contribution in [1.82, 2.24) is 4.57 Å². The number of ketones is 1. The molecule has 2 nitrogen and oxygen atoms in total. The zero-order valence-corrected chi connectivity index (χ0v) is 17.9. The van der Waals surface area contributed by atoms with Crippen LogP contribution in [0.5, 0.6) is 0 Å². The molecular formula is C27H23NOS. The summed E-state index contributed by atoms with van der Waals surface area (Å²) in [5, 5.41) is 1.23. The standard InChI is InChI=1S/C27H23NOS/c1-27(2)24-22-18-12-6-8-14-20(18)28(16-17-10-4-3-5-11-17)25(22)26(29)23(24)19-13-7-9-15-21(19)30-27/h3-15,23-24H,16H2,1-2H3/t23-,24-/m0/s1. The Balaban J connectivity index is 1.63. The van der Waals surface area contributed by atoms with E-state index in [1.807, 2.05) is 17.8 Å². The van der Waals surface area contributed by atoms with Crippen LogP contribution in [0.15, 0.2) is 83.8 Å². The van der Waals surface area contributed by atoms with Gasteiger partial charge in [0.2, 0.25) is 0 Å². The van der Waals surface area contributed by atoms with Gasteiger partial charge in [-0.15, -0.1) is 11.8 Å². The first-order valence-electron chi connectivity index (χ1n) is 10.5. The van der Waals surface area contributed by atoms with Crippen LogP contribution in [-0.2, 0) is 6.54 Å². The Kier molecular flexibility index (Phi) is 3.82. The van der Waals surface area contributed by atoms with Crippen LogP contribution in [0.3, 0.4) is 0 Å². The van der Waals surface area contributed by atoms with Gasteiger partial charge in [0.15, 0.2) is 5.78 Å². The lowest BCUT2D eigenvalue weighted by Gasteiger charge is -2.40. The number of para-hydroxylation sites is 1. The molecule has 0 radical (unpaired) electrons. The number of thioether (sulfide) groups is 1. The molecule has 2 aliphatic rings. The first-order valence-corrected chi connectivity index (χ1v) is 11.3. The van der Waals surface area contributed by atoms with Crippen LogP contribution in [0.1, 0.15) is 52.9 Å². The molecule has 1 aliphatic heterocycles. The van der Waals surface area contributed by atoms with Gasteiger partial charge in [-0.25, -0.2) is 0 Å². The van der Waals surface area contributed by atoms with Crippen LogP contribution in [0.25, 0.3) is 10.9 Å². The SMILES string of the molecule is CC1(C)Sc2ccccc2[C@@H]2C(=O)c3c(c4ccccc4n3Cc3ccccc3)[C@@H]21. The van der Waals surface area contributed by atoms with Gasteiger partial charge in [0.1, 0.15) is 0 Å². The summed E-state index contributed by atoms with van der Waals surface area (Å²) in [5.74, 6) is 0.374. The predicted molar refractivity (Wildman–Crippen MR) is 124 cm³/mol. The summed E-state index contributed by atoms with van der Waals surface area (Å²) < 4.78 is 2.21.